The molecule has 1 fully saturated rings. The minimum atomic E-state index is 0.0145. The summed E-state index contributed by atoms with van der Waals surface area (Å²) in [5.41, 5.74) is 0.533. The maximum absolute atomic E-state index is 12.6. The maximum atomic E-state index is 12.6. The Kier molecular flexibility index (Phi) is 5.06. The Hall–Kier alpha value is -1.74. The number of aryl methyl sites for hydroxylation is 1. The number of hydrogen-bond donors (Lipinski definition) is 1. The van der Waals surface area contributed by atoms with E-state index in [1.165, 1.54) is 22.9 Å². The molecule has 0 unspecified atom stereocenters. The van der Waals surface area contributed by atoms with Crippen LogP contribution in [0.5, 0.6) is 0 Å². The van der Waals surface area contributed by atoms with Gasteiger partial charge in [-0.05, 0) is 20.3 Å². The number of carbonyl (C=O) groups is 1. The van der Waals surface area contributed by atoms with E-state index < -0.39 is 0 Å². The normalized spacial score (nSPS) is 15.6. The number of anilines is 2. The van der Waals surface area contributed by atoms with E-state index in [0.29, 0.717) is 12.2 Å². The number of rotatable bonds is 4. The van der Waals surface area contributed by atoms with E-state index in [-0.39, 0.29) is 5.91 Å². The monoisotopic (exact) mass is 352 g/mol. The first-order valence-corrected chi connectivity index (χ1v) is 9.36. The van der Waals surface area contributed by atoms with Gasteiger partial charge in [0.05, 0.1) is 0 Å². The van der Waals surface area contributed by atoms with Gasteiger partial charge in [-0.3, -0.25) is 4.79 Å². The summed E-state index contributed by atoms with van der Waals surface area (Å²) in [5.74, 6) is 0.821. The molecular weight excluding hydrogens is 332 g/mol. The molecule has 0 radical (unpaired) electrons. The molecule has 2 aromatic heterocycles. The second kappa shape index (κ2) is 7.22. The molecule has 0 atom stereocenters. The molecule has 7 nitrogen and oxygen atoms in total. The van der Waals surface area contributed by atoms with E-state index in [1.54, 1.807) is 0 Å². The van der Waals surface area contributed by atoms with Crippen molar-refractivity contribution in [2.45, 2.75) is 20.3 Å². The van der Waals surface area contributed by atoms with E-state index in [0.717, 1.165) is 48.7 Å². The number of nitrogens with one attached hydrogen (secondary N) is 1. The van der Waals surface area contributed by atoms with Crippen molar-refractivity contribution < 1.29 is 4.79 Å². The molecule has 9 heteroatoms. The largest absolute Gasteiger partial charge is 0.362 e. The third kappa shape index (κ3) is 3.78. The Morgan fingerprint density at radius 2 is 2.17 bits per heavy atom. The average molecular weight is 352 g/mol. The van der Waals surface area contributed by atoms with Crippen LogP contribution in [0.25, 0.3) is 0 Å². The zero-order valence-corrected chi connectivity index (χ0v) is 14.9. The smallest absolute Gasteiger partial charge is 0.273 e. The molecule has 1 amide bonds. The molecule has 3 heterocycles. The summed E-state index contributed by atoms with van der Waals surface area (Å²) in [6.07, 6.45) is 0.925. The molecule has 0 bridgehead atoms. The quantitative estimate of drug-likeness (QED) is 0.908. The van der Waals surface area contributed by atoms with Crippen LogP contribution < -0.4 is 10.2 Å². The van der Waals surface area contributed by atoms with Crippen molar-refractivity contribution in [1.82, 2.24) is 19.2 Å². The lowest BCUT2D eigenvalue weighted by Crippen LogP contribution is -2.35. The van der Waals surface area contributed by atoms with Crippen molar-refractivity contribution in [3.63, 3.8) is 0 Å². The lowest BCUT2D eigenvalue weighted by atomic mass is 10.3. The molecule has 0 saturated carbocycles. The molecule has 3 rings (SSSR count). The van der Waals surface area contributed by atoms with Gasteiger partial charge in [-0.1, -0.05) is 0 Å². The van der Waals surface area contributed by atoms with Gasteiger partial charge in [-0.25, -0.2) is 9.97 Å². The van der Waals surface area contributed by atoms with Gasteiger partial charge in [-0.15, -0.1) is 11.3 Å². The fourth-order valence-electron chi connectivity index (χ4n) is 2.49. The molecule has 2 aromatic rings. The summed E-state index contributed by atoms with van der Waals surface area (Å²) in [6, 6.07) is 0. The standard InChI is InChI=1S/C14H20N6OS2/c1-3-15-13-17-11(9-22-13)12(21)19-5-4-6-20(8-7-19)14-16-10(2)18-23-14/h9H,3-8H2,1-2H3,(H,15,17). The Labute approximate surface area is 143 Å². The first-order valence-electron chi connectivity index (χ1n) is 7.71. The number of amides is 1. The van der Waals surface area contributed by atoms with Crippen LogP contribution in [-0.4, -0.2) is 57.9 Å². The fraction of sp³-hybridized carbons (Fsp3) is 0.571. The van der Waals surface area contributed by atoms with E-state index >= 15 is 0 Å². The van der Waals surface area contributed by atoms with Gasteiger partial charge in [0, 0.05) is 49.6 Å². The second-order valence-electron chi connectivity index (χ2n) is 5.33. The van der Waals surface area contributed by atoms with Crippen molar-refractivity contribution in [3.8, 4) is 0 Å². The van der Waals surface area contributed by atoms with Gasteiger partial charge in [0.2, 0.25) is 5.13 Å². The average Bonchev–Trinajstić information content (AvgIpc) is 3.10. The number of thiazole rings is 1. The molecule has 1 aliphatic heterocycles. The SMILES string of the molecule is CCNc1nc(C(=O)N2CCCN(c3nc(C)ns3)CC2)cs1. The van der Waals surface area contributed by atoms with Gasteiger partial charge in [0.25, 0.3) is 5.91 Å². The summed E-state index contributed by atoms with van der Waals surface area (Å²) >= 11 is 2.90. The minimum Gasteiger partial charge on any atom is -0.362 e. The van der Waals surface area contributed by atoms with Gasteiger partial charge < -0.3 is 15.1 Å². The van der Waals surface area contributed by atoms with Crippen molar-refractivity contribution in [2.24, 2.45) is 0 Å². The fourth-order valence-corrected chi connectivity index (χ4v) is 3.97. The molecule has 23 heavy (non-hydrogen) atoms. The summed E-state index contributed by atoms with van der Waals surface area (Å²) in [6.45, 7) is 7.84. The van der Waals surface area contributed by atoms with Gasteiger partial charge in [0.1, 0.15) is 11.5 Å². The lowest BCUT2D eigenvalue weighted by molar-refractivity contribution is 0.0762. The maximum Gasteiger partial charge on any atom is 0.273 e. The topological polar surface area (TPSA) is 74.2 Å². The van der Waals surface area contributed by atoms with Crippen LogP contribution in [-0.2, 0) is 0 Å². The molecular formula is C14H20N6OS2. The first-order chi connectivity index (χ1) is 11.2. The van der Waals surface area contributed by atoms with Crippen LogP contribution in [0, 0.1) is 6.92 Å². The van der Waals surface area contributed by atoms with Crippen molar-refractivity contribution in [3.05, 3.63) is 16.9 Å². The van der Waals surface area contributed by atoms with E-state index in [4.69, 9.17) is 0 Å². The molecule has 1 aliphatic rings. The van der Waals surface area contributed by atoms with Crippen LogP contribution in [0.1, 0.15) is 29.7 Å². The van der Waals surface area contributed by atoms with Crippen LogP contribution in [0.15, 0.2) is 5.38 Å². The highest BCUT2D eigenvalue weighted by Gasteiger charge is 2.23. The van der Waals surface area contributed by atoms with Crippen molar-refractivity contribution in [2.75, 3.05) is 42.9 Å². The van der Waals surface area contributed by atoms with E-state index in [9.17, 15) is 4.79 Å². The highest BCUT2D eigenvalue weighted by molar-refractivity contribution is 7.13. The number of carbonyl (C=O) groups excluding carboxylic acids is 1. The molecule has 0 aromatic carbocycles. The zero-order chi connectivity index (χ0) is 16.2. The van der Waals surface area contributed by atoms with Crippen molar-refractivity contribution in [1.29, 1.82) is 0 Å². The lowest BCUT2D eigenvalue weighted by Gasteiger charge is -2.20. The Balaban J connectivity index is 1.63. The number of aromatic nitrogens is 3. The molecule has 0 aliphatic carbocycles. The van der Waals surface area contributed by atoms with E-state index in [2.05, 4.69) is 24.6 Å². The van der Waals surface area contributed by atoms with Crippen LogP contribution >= 0.6 is 22.9 Å². The third-order valence-corrected chi connectivity index (χ3v) is 5.29. The van der Waals surface area contributed by atoms with Gasteiger partial charge >= 0.3 is 0 Å². The van der Waals surface area contributed by atoms with Gasteiger partial charge in [-0.2, -0.15) is 4.37 Å². The summed E-state index contributed by atoms with van der Waals surface area (Å²) in [5, 5.41) is 6.72. The predicted molar refractivity (Wildman–Crippen MR) is 93.7 cm³/mol. The van der Waals surface area contributed by atoms with Crippen LogP contribution in [0.3, 0.4) is 0 Å². The molecule has 1 saturated heterocycles. The number of hydrogen-bond acceptors (Lipinski definition) is 8. The summed E-state index contributed by atoms with van der Waals surface area (Å²) < 4.78 is 4.24. The van der Waals surface area contributed by atoms with Crippen LogP contribution in [0.4, 0.5) is 10.3 Å². The van der Waals surface area contributed by atoms with E-state index in [1.807, 2.05) is 24.1 Å². The minimum absolute atomic E-state index is 0.0145. The Bertz CT molecular complexity index is 670. The zero-order valence-electron chi connectivity index (χ0n) is 13.3. The summed E-state index contributed by atoms with van der Waals surface area (Å²) in [7, 11) is 0. The van der Waals surface area contributed by atoms with Crippen molar-refractivity contribution >= 4 is 39.0 Å². The third-order valence-electron chi connectivity index (χ3n) is 3.62. The number of nitrogens with zero attached hydrogens (tertiary/aromatic N) is 5. The highest BCUT2D eigenvalue weighted by atomic mass is 32.1. The molecule has 1 N–H and O–H groups in total. The molecule has 0 spiro atoms. The molecule has 124 valence electrons. The van der Waals surface area contributed by atoms with Gasteiger partial charge in [0.15, 0.2) is 5.13 Å². The Morgan fingerprint density at radius 1 is 1.30 bits per heavy atom. The Morgan fingerprint density at radius 3 is 2.91 bits per heavy atom. The highest BCUT2D eigenvalue weighted by Crippen LogP contribution is 2.20. The van der Waals surface area contributed by atoms with Crippen LogP contribution in [0.2, 0.25) is 0 Å². The predicted octanol–water partition coefficient (Wildman–Crippen LogP) is 2.09. The summed E-state index contributed by atoms with van der Waals surface area (Å²) in [4.78, 5) is 25.5. The first kappa shape index (κ1) is 16.1. The second-order valence-corrected chi connectivity index (χ2v) is 6.91.